The van der Waals surface area contributed by atoms with Crippen molar-refractivity contribution in [1.29, 1.82) is 0 Å². The number of rotatable bonds is 5. The molecule has 1 saturated carbocycles. The first kappa shape index (κ1) is 12.9. The normalized spacial score (nSPS) is 15.1. The van der Waals surface area contributed by atoms with Gasteiger partial charge in [-0.2, -0.15) is 8.75 Å². The Bertz CT molecular complexity index is 758. The Morgan fingerprint density at radius 3 is 2.95 bits per heavy atom. The van der Waals surface area contributed by atoms with Gasteiger partial charge in [0.25, 0.3) is 0 Å². The van der Waals surface area contributed by atoms with Crippen LogP contribution in [0.4, 0.5) is 0 Å². The first-order valence-corrected chi connectivity index (χ1v) is 7.93. The Labute approximate surface area is 127 Å². The predicted octanol–water partition coefficient (Wildman–Crippen LogP) is 2.85. The van der Waals surface area contributed by atoms with Gasteiger partial charge in [0.05, 0.1) is 23.7 Å². The lowest BCUT2D eigenvalue weighted by Crippen LogP contribution is -2.19. The molecule has 0 unspecified atom stereocenters. The summed E-state index contributed by atoms with van der Waals surface area (Å²) in [5.74, 6) is 0. The van der Waals surface area contributed by atoms with Crippen molar-refractivity contribution in [1.82, 2.24) is 23.2 Å². The molecule has 21 heavy (non-hydrogen) atoms. The van der Waals surface area contributed by atoms with Crippen molar-refractivity contribution >= 4 is 22.8 Å². The molecule has 1 aliphatic carbocycles. The highest BCUT2D eigenvalue weighted by Gasteiger charge is 2.25. The molecule has 0 amide bonds. The van der Waals surface area contributed by atoms with Gasteiger partial charge in [0, 0.05) is 25.3 Å². The summed E-state index contributed by atoms with van der Waals surface area (Å²) in [6.45, 7) is 1.83. The van der Waals surface area contributed by atoms with Crippen LogP contribution in [0.3, 0.4) is 0 Å². The molecule has 0 atom stereocenters. The summed E-state index contributed by atoms with van der Waals surface area (Å²) in [4.78, 5) is 6.61. The van der Waals surface area contributed by atoms with Crippen LogP contribution in [-0.4, -0.2) is 30.2 Å². The molecule has 0 aliphatic heterocycles. The summed E-state index contributed by atoms with van der Waals surface area (Å²) in [5, 5.41) is 0. The third-order valence-corrected chi connectivity index (χ3v) is 4.45. The Kier molecular flexibility index (Phi) is 3.20. The van der Waals surface area contributed by atoms with Gasteiger partial charge in [0.1, 0.15) is 11.0 Å². The number of imidazole rings is 1. The third kappa shape index (κ3) is 2.69. The molecule has 0 radical (unpaired) electrons. The second-order valence-electron chi connectivity index (χ2n) is 5.78. The van der Waals surface area contributed by atoms with E-state index in [2.05, 4.69) is 48.4 Å². The highest BCUT2D eigenvalue weighted by Crippen LogP contribution is 2.35. The lowest BCUT2D eigenvalue weighted by Gasteiger charge is -2.17. The molecule has 0 bridgehead atoms. The van der Waals surface area contributed by atoms with E-state index in [1.165, 1.54) is 35.8 Å². The minimum absolute atomic E-state index is 0.688. The molecule has 0 saturated heterocycles. The summed E-state index contributed by atoms with van der Waals surface area (Å²) in [6.07, 6.45) is 6.54. The smallest absolute Gasteiger partial charge is 0.105 e. The summed E-state index contributed by atoms with van der Waals surface area (Å²) in [7, 11) is 2.15. The SMILES string of the molecule is CN(Cc1ccc2nsnc2c1)Cc1cncn1C1CC1. The largest absolute Gasteiger partial charge is 0.330 e. The first-order chi connectivity index (χ1) is 10.3. The van der Waals surface area contributed by atoms with Crippen LogP contribution in [0.2, 0.25) is 0 Å². The highest BCUT2D eigenvalue weighted by molar-refractivity contribution is 7.00. The average molecular weight is 299 g/mol. The standard InChI is InChI=1S/C15H17N5S/c1-19(9-13-7-16-10-20(13)12-3-4-12)8-11-2-5-14-15(6-11)18-21-17-14/h2,5-7,10,12H,3-4,8-9H2,1H3. The van der Waals surface area contributed by atoms with Gasteiger partial charge in [0.15, 0.2) is 0 Å². The van der Waals surface area contributed by atoms with E-state index in [1.54, 1.807) is 0 Å². The Balaban J connectivity index is 1.47. The van der Waals surface area contributed by atoms with Crippen LogP contribution in [0.5, 0.6) is 0 Å². The molecular formula is C15H17N5S. The molecule has 1 fully saturated rings. The van der Waals surface area contributed by atoms with Crippen molar-refractivity contribution in [2.75, 3.05) is 7.05 Å². The number of nitrogens with zero attached hydrogens (tertiary/aromatic N) is 5. The van der Waals surface area contributed by atoms with E-state index in [0.717, 1.165) is 24.1 Å². The van der Waals surface area contributed by atoms with Crippen LogP contribution >= 0.6 is 11.7 Å². The van der Waals surface area contributed by atoms with Crippen LogP contribution in [0.1, 0.15) is 30.1 Å². The van der Waals surface area contributed by atoms with Crippen molar-refractivity contribution < 1.29 is 0 Å². The molecule has 1 aromatic carbocycles. The van der Waals surface area contributed by atoms with Gasteiger partial charge in [0.2, 0.25) is 0 Å². The predicted molar refractivity (Wildman–Crippen MR) is 83.1 cm³/mol. The maximum Gasteiger partial charge on any atom is 0.105 e. The van der Waals surface area contributed by atoms with E-state index < -0.39 is 0 Å². The molecular weight excluding hydrogens is 282 g/mol. The van der Waals surface area contributed by atoms with Crippen LogP contribution in [0.25, 0.3) is 11.0 Å². The lowest BCUT2D eigenvalue weighted by molar-refractivity contribution is 0.309. The molecule has 1 aliphatic rings. The number of hydrogen-bond acceptors (Lipinski definition) is 5. The highest BCUT2D eigenvalue weighted by atomic mass is 32.1. The second kappa shape index (κ2) is 5.20. The van der Waals surface area contributed by atoms with E-state index in [4.69, 9.17) is 0 Å². The first-order valence-electron chi connectivity index (χ1n) is 7.20. The molecule has 0 N–H and O–H groups in total. The van der Waals surface area contributed by atoms with Gasteiger partial charge in [-0.1, -0.05) is 6.07 Å². The minimum atomic E-state index is 0.688. The van der Waals surface area contributed by atoms with Crippen molar-refractivity contribution in [2.45, 2.75) is 32.0 Å². The van der Waals surface area contributed by atoms with Gasteiger partial charge >= 0.3 is 0 Å². The van der Waals surface area contributed by atoms with E-state index in [-0.39, 0.29) is 0 Å². The lowest BCUT2D eigenvalue weighted by atomic mass is 10.2. The minimum Gasteiger partial charge on any atom is -0.330 e. The molecule has 4 rings (SSSR count). The number of benzene rings is 1. The van der Waals surface area contributed by atoms with Crippen LogP contribution < -0.4 is 0 Å². The van der Waals surface area contributed by atoms with Crippen molar-refractivity contribution in [3.05, 3.63) is 42.0 Å². The number of fused-ring (bicyclic) bond motifs is 1. The van der Waals surface area contributed by atoms with Gasteiger partial charge in [-0.25, -0.2) is 4.98 Å². The maximum absolute atomic E-state index is 4.31. The zero-order valence-electron chi connectivity index (χ0n) is 11.9. The van der Waals surface area contributed by atoms with Crippen LogP contribution in [0.15, 0.2) is 30.7 Å². The molecule has 3 aromatic rings. The molecule has 2 aromatic heterocycles. The van der Waals surface area contributed by atoms with E-state index in [1.807, 2.05) is 12.5 Å². The Morgan fingerprint density at radius 2 is 2.10 bits per heavy atom. The van der Waals surface area contributed by atoms with Crippen LogP contribution in [0, 0.1) is 0 Å². The fourth-order valence-corrected chi connectivity index (χ4v) is 3.22. The van der Waals surface area contributed by atoms with E-state index >= 15 is 0 Å². The van der Waals surface area contributed by atoms with Gasteiger partial charge in [-0.15, -0.1) is 0 Å². The summed E-state index contributed by atoms with van der Waals surface area (Å²) in [5.41, 5.74) is 4.55. The summed E-state index contributed by atoms with van der Waals surface area (Å²) in [6, 6.07) is 7.01. The second-order valence-corrected chi connectivity index (χ2v) is 6.31. The van der Waals surface area contributed by atoms with Gasteiger partial charge in [-0.3, -0.25) is 4.90 Å². The molecule has 2 heterocycles. The van der Waals surface area contributed by atoms with Gasteiger partial charge in [-0.05, 0) is 37.6 Å². The van der Waals surface area contributed by atoms with Gasteiger partial charge < -0.3 is 4.57 Å². The van der Waals surface area contributed by atoms with E-state index in [0.29, 0.717) is 6.04 Å². The molecule has 108 valence electrons. The summed E-state index contributed by atoms with van der Waals surface area (Å²) >= 11 is 1.27. The zero-order valence-corrected chi connectivity index (χ0v) is 12.8. The fraction of sp³-hybridized carbons (Fsp3) is 0.400. The molecule has 6 heteroatoms. The van der Waals surface area contributed by atoms with Crippen LogP contribution in [-0.2, 0) is 13.1 Å². The van der Waals surface area contributed by atoms with Crippen molar-refractivity contribution in [3.63, 3.8) is 0 Å². The average Bonchev–Trinajstić information content (AvgIpc) is 3.03. The monoisotopic (exact) mass is 299 g/mol. The third-order valence-electron chi connectivity index (χ3n) is 3.89. The molecule has 5 nitrogen and oxygen atoms in total. The number of aromatic nitrogens is 4. The topological polar surface area (TPSA) is 46.8 Å². The van der Waals surface area contributed by atoms with Crippen molar-refractivity contribution in [2.24, 2.45) is 0 Å². The fourth-order valence-electron chi connectivity index (χ4n) is 2.71. The Morgan fingerprint density at radius 1 is 1.24 bits per heavy atom. The van der Waals surface area contributed by atoms with Crippen molar-refractivity contribution in [3.8, 4) is 0 Å². The number of hydrogen-bond donors (Lipinski definition) is 0. The maximum atomic E-state index is 4.31. The molecule has 0 spiro atoms. The quantitative estimate of drug-likeness (QED) is 0.727. The Hall–Kier alpha value is -1.79. The zero-order chi connectivity index (χ0) is 14.2. The van der Waals surface area contributed by atoms with E-state index in [9.17, 15) is 0 Å². The summed E-state index contributed by atoms with van der Waals surface area (Å²) < 4.78 is 10.9.